The van der Waals surface area contributed by atoms with Gasteiger partial charge in [-0.3, -0.25) is 9.59 Å². The van der Waals surface area contributed by atoms with E-state index in [0.29, 0.717) is 5.52 Å². The van der Waals surface area contributed by atoms with Gasteiger partial charge in [-0.15, -0.1) is 0 Å². The quantitative estimate of drug-likeness (QED) is 0.583. The van der Waals surface area contributed by atoms with Gasteiger partial charge in [-0.25, -0.2) is 9.78 Å². The van der Waals surface area contributed by atoms with Crippen molar-refractivity contribution in [3.8, 4) is 0 Å². The lowest BCUT2D eigenvalue weighted by molar-refractivity contribution is -0.137. The maximum absolute atomic E-state index is 12.3. The number of nitrogens with two attached hydrogens (primary N) is 1. The fourth-order valence-electron chi connectivity index (χ4n) is 2.16. The minimum absolute atomic E-state index is 0.0769. The Kier molecular flexibility index (Phi) is 6.22. The van der Waals surface area contributed by atoms with Gasteiger partial charge in [0.25, 0.3) is 5.91 Å². The van der Waals surface area contributed by atoms with Crippen LogP contribution in [0.2, 0.25) is 0 Å². The SMILES string of the molecule is CCOC(=O)/C=C/C[C@@H](NC(=O)c1ccc2ccccc2n1)C(N)=O. The molecule has 0 aliphatic rings. The molecule has 0 unspecified atom stereocenters. The average Bonchev–Trinajstić information content (AvgIpc) is 2.60. The number of para-hydroxylation sites is 1. The van der Waals surface area contributed by atoms with Crippen molar-refractivity contribution in [1.29, 1.82) is 0 Å². The summed E-state index contributed by atoms with van der Waals surface area (Å²) in [6.45, 7) is 1.95. The zero-order valence-corrected chi connectivity index (χ0v) is 13.8. The third-order valence-electron chi connectivity index (χ3n) is 3.39. The molecule has 130 valence electrons. The molecule has 0 fully saturated rings. The number of ether oxygens (including phenoxy) is 1. The van der Waals surface area contributed by atoms with E-state index in [1.54, 1.807) is 25.1 Å². The molecule has 3 N–H and O–H groups in total. The predicted molar refractivity (Wildman–Crippen MR) is 92.6 cm³/mol. The fraction of sp³-hybridized carbons (Fsp3) is 0.222. The first kappa shape index (κ1) is 18.1. The van der Waals surface area contributed by atoms with Gasteiger partial charge in [-0.2, -0.15) is 0 Å². The van der Waals surface area contributed by atoms with Crippen LogP contribution in [0, 0.1) is 0 Å². The first-order valence-electron chi connectivity index (χ1n) is 7.80. The van der Waals surface area contributed by atoms with Gasteiger partial charge in [-0.05, 0) is 25.5 Å². The van der Waals surface area contributed by atoms with Crippen LogP contribution in [0.1, 0.15) is 23.8 Å². The molecule has 2 aromatic rings. The van der Waals surface area contributed by atoms with Crippen molar-refractivity contribution in [3.05, 3.63) is 54.2 Å². The summed E-state index contributed by atoms with van der Waals surface area (Å²) in [7, 11) is 0. The van der Waals surface area contributed by atoms with E-state index in [4.69, 9.17) is 10.5 Å². The third kappa shape index (κ3) is 5.13. The number of benzene rings is 1. The number of esters is 1. The second kappa shape index (κ2) is 8.58. The van der Waals surface area contributed by atoms with Crippen molar-refractivity contribution in [2.75, 3.05) is 6.61 Å². The Bertz CT molecular complexity index is 817. The second-order valence-electron chi connectivity index (χ2n) is 5.21. The molecule has 0 aliphatic heterocycles. The molecule has 0 bridgehead atoms. The van der Waals surface area contributed by atoms with Crippen LogP contribution in [0.15, 0.2) is 48.6 Å². The highest BCUT2D eigenvalue weighted by Crippen LogP contribution is 2.12. The highest BCUT2D eigenvalue weighted by molar-refractivity contribution is 5.97. The van der Waals surface area contributed by atoms with Gasteiger partial charge in [0.15, 0.2) is 0 Å². The maximum atomic E-state index is 12.3. The predicted octanol–water partition coefficient (Wildman–Crippen LogP) is 1.33. The number of primary amides is 1. The summed E-state index contributed by atoms with van der Waals surface area (Å²) < 4.78 is 4.74. The zero-order valence-electron chi connectivity index (χ0n) is 13.8. The van der Waals surface area contributed by atoms with E-state index in [-0.39, 0.29) is 18.7 Å². The van der Waals surface area contributed by atoms with Gasteiger partial charge in [-0.1, -0.05) is 30.3 Å². The minimum atomic E-state index is -0.952. The standard InChI is InChI=1S/C18H19N3O4/c1-2-25-16(22)9-5-8-14(17(19)23)21-18(24)15-11-10-12-6-3-4-7-13(12)20-15/h3-7,9-11,14H,2,8H2,1H3,(H2,19,23)(H,21,24)/b9-5+/t14-/m1/s1. The molecule has 1 aromatic heterocycles. The largest absolute Gasteiger partial charge is 0.463 e. The van der Waals surface area contributed by atoms with E-state index in [2.05, 4.69) is 10.3 Å². The average molecular weight is 341 g/mol. The number of carbonyl (C=O) groups is 3. The number of rotatable bonds is 7. The van der Waals surface area contributed by atoms with E-state index >= 15 is 0 Å². The van der Waals surface area contributed by atoms with Crippen molar-refractivity contribution in [2.45, 2.75) is 19.4 Å². The monoisotopic (exact) mass is 341 g/mol. The Morgan fingerprint density at radius 1 is 1.24 bits per heavy atom. The summed E-state index contributed by atoms with van der Waals surface area (Å²) in [6, 6.07) is 9.77. The van der Waals surface area contributed by atoms with Crippen LogP contribution in [-0.2, 0) is 14.3 Å². The molecule has 2 rings (SSSR count). The minimum Gasteiger partial charge on any atom is -0.463 e. The van der Waals surface area contributed by atoms with Crippen molar-refractivity contribution in [3.63, 3.8) is 0 Å². The van der Waals surface area contributed by atoms with Crippen molar-refractivity contribution < 1.29 is 19.1 Å². The molecule has 2 amide bonds. The fourth-order valence-corrected chi connectivity index (χ4v) is 2.16. The van der Waals surface area contributed by atoms with Gasteiger partial charge in [0.1, 0.15) is 11.7 Å². The van der Waals surface area contributed by atoms with Crippen LogP contribution in [0.4, 0.5) is 0 Å². The number of hydrogen-bond acceptors (Lipinski definition) is 5. The molecule has 0 saturated heterocycles. The summed E-state index contributed by atoms with van der Waals surface area (Å²) in [5.41, 5.74) is 6.16. The summed E-state index contributed by atoms with van der Waals surface area (Å²) in [5.74, 6) is -1.74. The molecular formula is C18H19N3O4. The second-order valence-corrected chi connectivity index (χ2v) is 5.21. The number of amides is 2. The normalized spacial score (nSPS) is 12.0. The zero-order chi connectivity index (χ0) is 18.2. The molecule has 1 atom stereocenters. The number of pyridine rings is 1. The number of nitrogens with one attached hydrogen (secondary N) is 1. The van der Waals surface area contributed by atoms with E-state index in [0.717, 1.165) is 5.39 Å². The van der Waals surface area contributed by atoms with Crippen LogP contribution < -0.4 is 11.1 Å². The lowest BCUT2D eigenvalue weighted by Gasteiger charge is -2.13. The van der Waals surface area contributed by atoms with Crippen molar-refractivity contribution >= 4 is 28.7 Å². The summed E-state index contributed by atoms with van der Waals surface area (Å²) >= 11 is 0. The molecular weight excluding hydrogens is 322 g/mol. The number of nitrogens with zero attached hydrogens (tertiary/aromatic N) is 1. The molecule has 0 saturated carbocycles. The van der Waals surface area contributed by atoms with Gasteiger partial charge in [0.05, 0.1) is 12.1 Å². The van der Waals surface area contributed by atoms with E-state index in [1.807, 2.05) is 18.2 Å². The van der Waals surface area contributed by atoms with Crippen LogP contribution >= 0.6 is 0 Å². The molecule has 7 heteroatoms. The summed E-state index contributed by atoms with van der Waals surface area (Å²) in [5, 5.41) is 3.43. The lowest BCUT2D eigenvalue weighted by atomic mass is 10.1. The Labute approximate surface area is 144 Å². The van der Waals surface area contributed by atoms with Crippen LogP contribution in [0.3, 0.4) is 0 Å². The topological polar surface area (TPSA) is 111 Å². The summed E-state index contributed by atoms with van der Waals surface area (Å²) in [6.07, 6.45) is 2.70. The molecule has 0 radical (unpaired) electrons. The highest BCUT2D eigenvalue weighted by Gasteiger charge is 2.18. The first-order chi connectivity index (χ1) is 12.0. The Balaban J connectivity index is 2.05. The van der Waals surface area contributed by atoms with Gasteiger partial charge < -0.3 is 15.8 Å². The van der Waals surface area contributed by atoms with Gasteiger partial charge in [0.2, 0.25) is 5.91 Å². The molecule has 25 heavy (non-hydrogen) atoms. The molecule has 7 nitrogen and oxygen atoms in total. The first-order valence-corrected chi connectivity index (χ1v) is 7.80. The molecule has 0 aliphatic carbocycles. The van der Waals surface area contributed by atoms with Crippen molar-refractivity contribution in [1.82, 2.24) is 10.3 Å². The Hall–Kier alpha value is -3.22. The highest BCUT2D eigenvalue weighted by atomic mass is 16.5. The van der Waals surface area contributed by atoms with E-state index < -0.39 is 23.8 Å². The lowest BCUT2D eigenvalue weighted by Crippen LogP contribution is -2.44. The van der Waals surface area contributed by atoms with Gasteiger partial charge in [0, 0.05) is 11.5 Å². The smallest absolute Gasteiger partial charge is 0.330 e. The van der Waals surface area contributed by atoms with Crippen LogP contribution in [-0.4, -0.2) is 35.4 Å². The number of fused-ring (bicyclic) bond motifs is 1. The van der Waals surface area contributed by atoms with Crippen LogP contribution in [0.25, 0.3) is 10.9 Å². The molecule has 0 spiro atoms. The Morgan fingerprint density at radius 2 is 2.00 bits per heavy atom. The number of hydrogen-bond donors (Lipinski definition) is 2. The Morgan fingerprint density at radius 3 is 2.72 bits per heavy atom. The molecule has 1 aromatic carbocycles. The third-order valence-corrected chi connectivity index (χ3v) is 3.39. The van der Waals surface area contributed by atoms with Gasteiger partial charge >= 0.3 is 5.97 Å². The summed E-state index contributed by atoms with van der Waals surface area (Å²) in [4.78, 5) is 39.3. The van der Waals surface area contributed by atoms with E-state index in [1.165, 1.54) is 12.2 Å². The maximum Gasteiger partial charge on any atom is 0.330 e. The van der Waals surface area contributed by atoms with E-state index in [9.17, 15) is 14.4 Å². The van der Waals surface area contributed by atoms with Crippen LogP contribution in [0.5, 0.6) is 0 Å². The molecule has 1 heterocycles. The number of aromatic nitrogens is 1. The van der Waals surface area contributed by atoms with Crippen molar-refractivity contribution in [2.24, 2.45) is 5.73 Å². The number of carbonyl (C=O) groups excluding carboxylic acids is 3.